The van der Waals surface area contributed by atoms with Gasteiger partial charge in [-0.25, -0.2) is 0 Å². The Bertz CT molecular complexity index is 425. The molecule has 19 heavy (non-hydrogen) atoms. The second-order valence-corrected chi connectivity index (χ2v) is 6.48. The second kappa shape index (κ2) is 6.06. The Hall–Kier alpha value is -0.860. The molecule has 0 aromatic heterocycles. The predicted octanol–water partition coefficient (Wildman–Crippen LogP) is 3.42. The summed E-state index contributed by atoms with van der Waals surface area (Å²) in [6.07, 6.45) is 2.38. The smallest absolute Gasteiger partial charge is 0.0499 e. The van der Waals surface area contributed by atoms with E-state index in [1.807, 2.05) is 0 Å². The number of rotatable bonds is 3. The average molecular weight is 260 g/mol. The van der Waals surface area contributed by atoms with Crippen LogP contribution in [0, 0.1) is 19.8 Å². The number of hydrogen-bond acceptors (Lipinski definition) is 2. The van der Waals surface area contributed by atoms with Crippen molar-refractivity contribution in [2.45, 2.75) is 52.6 Å². The fourth-order valence-electron chi connectivity index (χ4n) is 3.18. The van der Waals surface area contributed by atoms with Gasteiger partial charge >= 0.3 is 0 Å². The van der Waals surface area contributed by atoms with Gasteiger partial charge < -0.3 is 5.73 Å². The maximum atomic E-state index is 6.42. The maximum absolute atomic E-state index is 6.42. The number of hydrogen-bond donors (Lipinski definition) is 1. The molecule has 2 heteroatoms. The Morgan fingerprint density at radius 1 is 1.26 bits per heavy atom. The van der Waals surface area contributed by atoms with Crippen LogP contribution in [0.25, 0.3) is 0 Å². The van der Waals surface area contributed by atoms with Crippen LogP contribution in [-0.2, 0) is 0 Å². The fraction of sp³-hybridized carbons (Fsp3) is 0.647. The topological polar surface area (TPSA) is 29.3 Å². The summed E-state index contributed by atoms with van der Waals surface area (Å²) in [5.41, 5.74) is 10.6. The molecule has 2 nitrogen and oxygen atoms in total. The Morgan fingerprint density at radius 2 is 2.00 bits per heavy atom. The van der Waals surface area contributed by atoms with E-state index in [0.717, 1.165) is 13.0 Å². The molecule has 0 bridgehead atoms. The van der Waals surface area contributed by atoms with Crippen LogP contribution in [0.3, 0.4) is 0 Å². The van der Waals surface area contributed by atoms with Gasteiger partial charge in [0, 0.05) is 18.6 Å². The van der Waals surface area contributed by atoms with Crippen molar-refractivity contribution in [3.05, 3.63) is 34.9 Å². The lowest BCUT2D eigenvalue weighted by molar-refractivity contribution is 0.114. The molecule has 1 aromatic rings. The van der Waals surface area contributed by atoms with Crippen molar-refractivity contribution in [3.63, 3.8) is 0 Å². The summed E-state index contributed by atoms with van der Waals surface area (Å²) in [6, 6.07) is 7.51. The van der Waals surface area contributed by atoms with Gasteiger partial charge in [-0.1, -0.05) is 32.0 Å². The highest BCUT2D eigenvalue weighted by Gasteiger charge is 2.30. The van der Waals surface area contributed by atoms with Gasteiger partial charge in [0.05, 0.1) is 0 Å². The first-order valence-electron chi connectivity index (χ1n) is 7.56. The average Bonchev–Trinajstić information content (AvgIpc) is 2.32. The first kappa shape index (κ1) is 14.5. The molecule has 1 aliphatic rings. The van der Waals surface area contributed by atoms with Crippen molar-refractivity contribution >= 4 is 0 Å². The normalized spacial score (nSPS) is 24.9. The molecule has 106 valence electrons. The maximum Gasteiger partial charge on any atom is 0.0499 e. The van der Waals surface area contributed by atoms with E-state index in [4.69, 9.17) is 5.73 Å². The minimum atomic E-state index is 0.273. The minimum Gasteiger partial charge on any atom is -0.326 e. The van der Waals surface area contributed by atoms with Gasteiger partial charge in [0.25, 0.3) is 0 Å². The summed E-state index contributed by atoms with van der Waals surface area (Å²) in [4.78, 5) is 2.59. The molecule has 0 radical (unpaired) electrons. The third-order valence-corrected chi connectivity index (χ3v) is 4.25. The molecule has 0 aliphatic carbocycles. The van der Waals surface area contributed by atoms with Crippen molar-refractivity contribution in [3.8, 4) is 0 Å². The van der Waals surface area contributed by atoms with Crippen molar-refractivity contribution < 1.29 is 0 Å². The molecule has 1 saturated heterocycles. The third-order valence-electron chi connectivity index (χ3n) is 4.25. The minimum absolute atomic E-state index is 0.273. The molecule has 1 aromatic carbocycles. The van der Waals surface area contributed by atoms with Gasteiger partial charge in [0.1, 0.15) is 0 Å². The molecule has 1 heterocycles. The van der Waals surface area contributed by atoms with Crippen LogP contribution in [0.15, 0.2) is 18.2 Å². The van der Waals surface area contributed by atoms with Crippen LogP contribution in [0.1, 0.15) is 49.4 Å². The third kappa shape index (κ3) is 3.37. The Balaban J connectivity index is 2.27. The SMILES string of the molecule is Cc1ccc(C2C(N)CCCN2CC(C)C)cc1C. The Morgan fingerprint density at radius 3 is 2.63 bits per heavy atom. The number of piperidine rings is 1. The highest BCUT2D eigenvalue weighted by molar-refractivity contribution is 5.32. The predicted molar refractivity (Wildman–Crippen MR) is 82.3 cm³/mol. The zero-order valence-corrected chi connectivity index (χ0v) is 12.8. The molecule has 2 N–H and O–H groups in total. The highest BCUT2D eigenvalue weighted by atomic mass is 15.2. The number of nitrogens with two attached hydrogens (primary N) is 1. The summed E-state index contributed by atoms with van der Waals surface area (Å²) in [5, 5.41) is 0. The molecule has 0 saturated carbocycles. The van der Waals surface area contributed by atoms with E-state index in [-0.39, 0.29) is 6.04 Å². The lowest BCUT2D eigenvalue weighted by Gasteiger charge is -2.41. The van der Waals surface area contributed by atoms with Gasteiger partial charge in [-0.15, -0.1) is 0 Å². The van der Waals surface area contributed by atoms with Gasteiger partial charge in [0.2, 0.25) is 0 Å². The van der Waals surface area contributed by atoms with Gasteiger partial charge in [-0.05, 0) is 55.8 Å². The largest absolute Gasteiger partial charge is 0.326 e. The van der Waals surface area contributed by atoms with E-state index in [9.17, 15) is 0 Å². The first-order valence-corrected chi connectivity index (χ1v) is 7.56. The van der Waals surface area contributed by atoms with Crippen molar-refractivity contribution in [2.75, 3.05) is 13.1 Å². The Labute approximate surface area is 118 Å². The number of likely N-dealkylation sites (tertiary alicyclic amines) is 1. The van der Waals surface area contributed by atoms with E-state index >= 15 is 0 Å². The summed E-state index contributed by atoms with van der Waals surface area (Å²) in [6.45, 7) is 11.3. The number of benzene rings is 1. The van der Waals surface area contributed by atoms with Crippen molar-refractivity contribution in [2.24, 2.45) is 11.7 Å². The van der Waals surface area contributed by atoms with Crippen LogP contribution < -0.4 is 5.73 Å². The van der Waals surface area contributed by atoms with Crippen LogP contribution in [0.2, 0.25) is 0 Å². The van der Waals surface area contributed by atoms with E-state index in [0.29, 0.717) is 12.0 Å². The van der Waals surface area contributed by atoms with Crippen LogP contribution in [-0.4, -0.2) is 24.0 Å². The highest BCUT2D eigenvalue weighted by Crippen LogP contribution is 2.31. The molecule has 1 fully saturated rings. The summed E-state index contributed by atoms with van der Waals surface area (Å²) in [5.74, 6) is 0.694. The quantitative estimate of drug-likeness (QED) is 0.902. The van der Waals surface area contributed by atoms with Crippen molar-refractivity contribution in [1.82, 2.24) is 4.90 Å². The fourth-order valence-corrected chi connectivity index (χ4v) is 3.18. The van der Waals surface area contributed by atoms with Gasteiger partial charge in [0.15, 0.2) is 0 Å². The second-order valence-electron chi connectivity index (χ2n) is 6.48. The lowest BCUT2D eigenvalue weighted by atomic mass is 9.89. The summed E-state index contributed by atoms with van der Waals surface area (Å²) >= 11 is 0. The monoisotopic (exact) mass is 260 g/mol. The first-order chi connectivity index (χ1) is 8.99. The number of aryl methyl sites for hydroxylation is 2. The zero-order valence-electron chi connectivity index (χ0n) is 12.8. The standard InChI is InChI=1S/C17H28N2/c1-12(2)11-19-9-5-6-16(18)17(19)15-8-7-13(3)14(4)10-15/h7-8,10,12,16-17H,5-6,9,11,18H2,1-4H3. The molecule has 2 unspecified atom stereocenters. The summed E-state index contributed by atoms with van der Waals surface area (Å²) < 4.78 is 0. The van der Waals surface area contributed by atoms with Gasteiger partial charge in [-0.3, -0.25) is 4.90 Å². The zero-order chi connectivity index (χ0) is 14.0. The van der Waals surface area contributed by atoms with E-state index in [1.54, 1.807) is 0 Å². The molecule has 2 rings (SSSR count). The van der Waals surface area contributed by atoms with Gasteiger partial charge in [-0.2, -0.15) is 0 Å². The summed E-state index contributed by atoms with van der Waals surface area (Å²) in [7, 11) is 0. The van der Waals surface area contributed by atoms with Crippen molar-refractivity contribution in [1.29, 1.82) is 0 Å². The van der Waals surface area contributed by atoms with E-state index < -0.39 is 0 Å². The van der Waals surface area contributed by atoms with Crippen LogP contribution >= 0.6 is 0 Å². The molecule has 2 atom stereocenters. The van der Waals surface area contributed by atoms with Crippen LogP contribution in [0.5, 0.6) is 0 Å². The molecule has 0 spiro atoms. The van der Waals surface area contributed by atoms with E-state index in [1.165, 1.54) is 29.7 Å². The Kier molecular flexibility index (Phi) is 4.64. The lowest BCUT2D eigenvalue weighted by Crippen LogP contribution is -2.47. The molecule has 0 amide bonds. The molecule has 1 aliphatic heterocycles. The number of nitrogens with zero attached hydrogens (tertiary/aromatic N) is 1. The molecular formula is C17H28N2. The molecular weight excluding hydrogens is 232 g/mol. The van der Waals surface area contributed by atoms with E-state index in [2.05, 4.69) is 50.8 Å². The van der Waals surface area contributed by atoms with Crippen LogP contribution in [0.4, 0.5) is 0 Å².